The molecular formula is C17H17BrN2O4S. The highest BCUT2D eigenvalue weighted by Crippen LogP contribution is 2.27. The predicted octanol–water partition coefficient (Wildman–Crippen LogP) is 3.25. The van der Waals surface area contributed by atoms with Crippen molar-refractivity contribution < 1.29 is 17.9 Å². The van der Waals surface area contributed by atoms with Gasteiger partial charge in [-0.1, -0.05) is 0 Å². The summed E-state index contributed by atoms with van der Waals surface area (Å²) < 4.78 is 31.1. The van der Waals surface area contributed by atoms with Crippen LogP contribution in [0.3, 0.4) is 0 Å². The van der Waals surface area contributed by atoms with Gasteiger partial charge in [-0.15, -0.1) is 0 Å². The SMILES string of the molecule is COc1ccc(Br)c(C(=O)Nc2ccc(N3CCCS3(=O)=O)cc2)c1. The molecule has 0 unspecified atom stereocenters. The zero-order valence-electron chi connectivity index (χ0n) is 13.5. The molecule has 1 aliphatic rings. The van der Waals surface area contributed by atoms with Gasteiger partial charge in [0.15, 0.2) is 0 Å². The average molecular weight is 425 g/mol. The van der Waals surface area contributed by atoms with Crippen LogP contribution in [-0.4, -0.2) is 33.7 Å². The first-order valence-corrected chi connectivity index (χ1v) is 10.1. The van der Waals surface area contributed by atoms with E-state index in [1.165, 1.54) is 11.4 Å². The lowest BCUT2D eigenvalue weighted by molar-refractivity contribution is 0.102. The van der Waals surface area contributed by atoms with Gasteiger partial charge in [0.1, 0.15) is 5.75 Å². The number of carbonyl (C=O) groups excluding carboxylic acids is 1. The summed E-state index contributed by atoms with van der Waals surface area (Å²) in [4.78, 5) is 12.4. The number of anilines is 2. The zero-order chi connectivity index (χ0) is 18.0. The molecule has 0 saturated carbocycles. The molecule has 1 amide bonds. The fourth-order valence-corrected chi connectivity index (χ4v) is 4.64. The summed E-state index contributed by atoms with van der Waals surface area (Å²) in [5.74, 6) is 0.477. The lowest BCUT2D eigenvalue weighted by atomic mass is 10.2. The molecule has 0 aromatic heterocycles. The Balaban J connectivity index is 1.77. The summed E-state index contributed by atoms with van der Waals surface area (Å²) in [7, 11) is -1.67. The highest BCUT2D eigenvalue weighted by molar-refractivity contribution is 9.10. The van der Waals surface area contributed by atoms with Crippen LogP contribution in [0, 0.1) is 0 Å². The summed E-state index contributed by atoms with van der Waals surface area (Å²) in [6.45, 7) is 0.491. The molecule has 2 aromatic carbocycles. The lowest BCUT2D eigenvalue weighted by Gasteiger charge is -2.17. The molecule has 0 atom stereocenters. The van der Waals surface area contributed by atoms with E-state index in [0.29, 0.717) is 40.1 Å². The third-order valence-electron chi connectivity index (χ3n) is 3.93. The van der Waals surface area contributed by atoms with Gasteiger partial charge < -0.3 is 10.1 Å². The Morgan fingerprint density at radius 3 is 2.52 bits per heavy atom. The van der Waals surface area contributed by atoms with Crippen LogP contribution in [-0.2, 0) is 10.0 Å². The van der Waals surface area contributed by atoms with E-state index in [-0.39, 0.29) is 11.7 Å². The Bertz CT molecular complexity index is 897. The van der Waals surface area contributed by atoms with Gasteiger partial charge in [0, 0.05) is 16.7 Å². The van der Waals surface area contributed by atoms with Gasteiger partial charge in [-0.3, -0.25) is 9.10 Å². The Hall–Kier alpha value is -2.06. The summed E-state index contributed by atoms with van der Waals surface area (Å²) >= 11 is 3.35. The Labute approximate surface area is 155 Å². The van der Waals surface area contributed by atoms with Crippen LogP contribution in [0.4, 0.5) is 11.4 Å². The van der Waals surface area contributed by atoms with Gasteiger partial charge in [-0.2, -0.15) is 0 Å². The number of rotatable bonds is 4. The van der Waals surface area contributed by atoms with Crippen molar-refractivity contribution in [2.24, 2.45) is 0 Å². The maximum absolute atomic E-state index is 12.4. The standard InChI is InChI=1S/C17H17BrN2O4S/c1-24-14-7-8-16(18)15(11-14)17(21)19-12-3-5-13(6-4-12)20-9-2-10-25(20,22)23/h3-8,11H,2,9-10H2,1H3,(H,19,21). The average Bonchev–Trinajstić information content (AvgIpc) is 2.95. The number of halogens is 1. The van der Waals surface area contributed by atoms with E-state index in [9.17, 15) is 13.2 Å². The minimum Gasteiger partial charge on any atom is -0.497 e. The van der Waals surface area contributed by atoms with Crippen molar-refractivity contribution in [2.75, 3.05) is 29.0 Å². The first-order chi connectivity index (χ1) is 11.9. The molecule has 1 aliphatic heterocycles. The number of nitrogens with one attached hydrogen (secondary N) is 1. The number of nitrogens with zero attached hydrogens (tertiary/aromatic N) is 1. The molecule has 6 nitrogen and oxygen atoms in total. The molecule has 0 aliphatic carbocycles. The smallest absolute Gasteiger partial charge is 0.256 e. The lowest BCUT2D eigenvalue weighted by Crippen LogP contribution is -2.25. The van der Waals surface area contributed by atoms with Crippen molar-refractivity contribution in [1.82, 2.24) is 0 Å². The fraction of sp³-hybridized carbons (Fsp3) is 0.235. The van der Waals surface area contributed by atoms with E-state index in [1.54, 1.807) is 42.5 Å². The molecule has 3 rings (SSSR count). The maximum Gasteiger partial charge on any atom is 0.256 e. The predicted molar refractivity (Wildman–Crippen MR) is 101 cm³/mol. The van der Waals surface area contributed by atoms with Gasteiger partial charge in [0.25, 0.3) is 5.91 Å². The van der Waals surface area contributed by atoms with Crippen molar-refractivity contribution in [3.63, 3.8) is 0 Å². The van der Waals surface area contributed by atoms with E-state index >= 15 is 0 Å². The first-order valence-electron chi connectivity index (χ1n) is 7.66. The molecule has 2 aromatic rings. The minimum absolute atomic E-state index is 0.176. The van der Waals surface area contributed by atoms with Crippen molar-refractivity contribution in [3.05, 3.63) is 52.5 Å². The van der Waals surface area contributed by atoms with E-state index < -0.39 is 10.0 Å². The van der Waals surface area contributed by atoms with Crippen LogP contribution in [0.1, 0.15) is 16.8 Å². The number of hydrogen-bond acceptors (Lipinski definition) is 4. The van der Waals surface area contributed by atoms with Crippen molar-refractivity contribution in [1.29, 1.82) is 0 Å². The molecule has 1 N–H and O–H groups in total. The monoisotopic (exact) mass is 424 g/mol. The van der Waals surface area contributed by atoms with Crippen LogP contribution in [0.2, 0.25) is 0 Å². The Kier molecular flexibility index (Phi) is 5.01. The maximum atomic E-state index is 12.4. The highest BCUT2D eigenvalue weighted by Gasteiger charge is 2.28. The molecule has 132 valence electrons. The molecule has 1 heterocycles. The number of amides is 1. The molecule has 0 spiro atoms. The third kappa shape index (κ3) is 3.80. The number of methoxy groups -OCH3 is 1. The van der Waals surface area contributed by atoms with Crippen LogP contribution >= 0.6 is 15.9 Å². The molecule has 1 saturated heterocycles. The quantitative estimate of drug-likeness (QED) is 0.816. The summed E-state index contributed by atoms with van der Waals surface area (Å²) in [5, 5.41) is 2.80. The summed E-state index contributed by atoms with van der Waals surface area (Å²) in [6.07, 6.45) is 0.630. The van der Waals surface area contributed by atoms with Gasteiger partial charge in [-0.25, -0.2) is 8.42 Å². The molecule has 8 heteroatoms. The normalized spacial score (nSPS) is 15.8. The second-order valence-corrected chi connectivity index (χ2v) is 8.46. The zero-order valence-corrected chi connectivity index (χ0v) is 15.9. The second kappa shape index (κ2) is 7.05. The number of sulfonamides is 1. The Morgan fingerprint density at radius 1 is 1.20 bits per heavy atom. The molecule has 25 heavy (non-hydrogen) atoms. The van der Waals surface area contributed by atoms with E-state index in [2.05, 4.69) is 21.2 Å². The molecule has 0 bridgehead atoms. The summed E-state index contributed by atoms with van der Waals surface area (Å²) in [5.41, 5.74) is 1.64. The van der Waals surface area contributed by atoms with Gasteiger partial charge in [-0.05, 0) is 64.8 Å². The first kappa shape index (κ1) is 17.8. The topological polar surface area (TPSA) is 75.7 Å². The van der Waals surface area contributed by atoms with E-state index in [0.717, 1.165) is 0 Å². The number of ether oxygens (including phenoxy) is 1. The number of benzene rings is 2. The van der Waals surface area contributed by atoms with Crippen LogP contribution in [0.15, 0.2) is 46.9 Å². The number of carbonyl (C=O) groups is 1. The molecule has 1 fully saturated rings. The van der Waals surface area contributed by atoms with Crippen LogP contribution in [0.5, 0.6) is 5.75 Å². The summed E-state index contributed by atoms with van der Waals surface area (Å²) in [6, 6.07) is 11.9. The highest BCUT2D eigenvalue weighted by atomic mass is 79.9. The Morgan fingerprint density at radius 2 is 1.92 bits per heavy atom. The molecule has 0 radical (unpaired) electrons. The second-order valence-electron chi connectivity index (χ2n) is 5.59. The van der Waals surface area contributed by atoms with Crippen molar-refractivity contribution >= 4 is 43.2 Å². The fourth-order valence-electron chi connectivity index (χ4n) is 2.64. The van der Waals surface area contributed by atoms with Crippen molar-refractivity contribution in [2.45, 2.75) is 6.42 Å². The van der Waals surface area contributed by atoms with Crippen molar-refractivity contribution in [3.8, 4) is 5.75 Å². The van der Waals surface area contributed by atoms with Gasteiger partial charge in [0.2, 0.25) is 10.0 Å². The van der Waals surface area contributed by atoms with E-state index in [4.69, 9.17) is 4.74 Å². The largest absolute Gasteiger partial charge is 0.497 e. The third-order valence-corrected chi connectivity index (χ3v) is 6.49. The number of hydrogen-bond donors (Lipinski definition) is 1. The van der Waals surface area contributed by atoms with Gasteiger partial charge in [0.05, 0.1) is 24.1 Å². The van der Waals surface area contributed by atoms with Crippen LogP contribution < -0.4 is 14.4 Å². The minimum atomic E-state index is -3.21. The van der Waals surface area contributed by atoms with Crippen LogP contribution in [0.25, 0.3) is 0 Å². The van der Waals surface area contributed by atoms with E-state index in [1.807, 2.05) is 0 Å². The molecular weight excluding hydrogens is 408 g/mol. The van der Waals surface area contributed by atoms with Gasteiger partial charge >= 0.3 is 0 Å².